The minimum absolute atomic E-state index is 0.0304. The maximum atomic E-state index is 13.1. The number of hydrogen-bond acceptors (Lipinski definition) is 5. The summed E-state index contributed by atoms with van der Waals surface area (Å²) in [5, 5.41) is 1.89. The van der Waals surface area contributed by atoms with Gasteiger partial charge in [0.25, 0.3) is 5.91 Å². The Morgan fingerprint density at radius 3 is 2.87 bits per heavy atom. The summed E-state index contributed by atoms with van der Waals surface area (Å²) < 4.78 is 10.8. The molecule has 0 atom stereocenters. The number of hydrogen-bond donors (Lipinski definition) is 0. The Labute approximate surface area is 140 Å². The van der Waals surface area contributed by atoms with Gasteiger partial charge in [-0.25, -0.2) is 0 Å². The first-order valence-electron chi connectivity index (χ1n) is 7.82. The second-order valence-electron chi connectivity index (χ2n) is 5.86. The summed E-state index contributed by atoms with van der Waals surface area (Å²) in [5.74, 6) is 1.49. The van der Waals surface area contributed by atoms with Gasteiger partial charge in [-0.3, -0.25) is 4.79 Å². The number of furan rings is 1. The number of carbonyl (C=O) groups is 1. The lowest BCUT2D eigenvalue weighted by atomic mass is 10.0. The van der Waals surface area contributed by atoms with Crippen molar-refractivity contribution in [2.24, 2.45) is 0 Å². The van der Waals surface area contributed by atoms with E-state index in [0.29, 0.717) is 17.2 Å². The molecule has 0 spiro atoms. The second-order valence-corrected chi connectivity index (χ2v) is 6.78. The van der Waals surface area contributed by atoms with Crippen LogP contribution in [0.3, 0.4) is 0 Å². The maximum Gasteiger partial charge on any atom is 0.268 e. The molecule has 1 fully saturated rings. The fourth-order valence-electron chi connectivity index (χ4n) is 2.99. The summed E-state index contributed by atoms with van der Waals surface area (Å²) in [6, 6.07) is 5.85. The average molecular weight is 334 g/mol. The molecule has 2 aromatic rings. The predicted molar refractivity (Wildman–Crippen MR) is 90.0 cm³/mol. The van der Waals surface area contributed by atoms with Gasteiger partial charge >= 0.3 is 0 Å². The number of carbonyl (C=O) groups excluding carboxylic acids is 1. The van der Waals surface area contributed by atoms with Gasteiger partial charge in [0, 0.05) is 6.04 Å². The molecular weight excluding hydrogens is 312 g/mol. The van der Waals surface area contributed by atoms with Crippen molar-refractivity contribution in [3.05, 3.63) is 40.5 Å². The number of nitrogens with zero attached hydrogens (tertiary/aromatic N) is 2. The van der Waals surface area contributed by atoms with Crippen molar-refractivity contribution < 1.29 is 13.9 Å². The molecule has 3 rings (SSSR count). The number of ether oxygens (including phenoxy) is 1. The van der Waals surface area contributed by atoms with Crippen molar-refractivity contribution in [2.45, 2.75) is 25.4 Å². The summed E-state index contributed by atoms with van der Waals surface area (Å²) in [6.45, 7) is 2.52. The number of thiophene rings is 1. The maximum absolute atomic E-state index is 13.1. The summed E-state index contributed by atoms with van der Waals surface area (Å²) in [6.07, 6.45) is 3.62. The topological polar surface area (TPSA) is 45.9 Å². The highest BCUT2D eigenvalue weighted by atomic mass is 32.1. The summed E-state index contributed by atoms with van der Waals surface area (Å²) in [7, 11) is 3.72. The van der Waals surface area contributed by atoms with Crippen LogP contribution < -0.4 is 4.74 Å². The molecule has 1 aliphatic rings. The zero-order chi connectivity index (χ0) is 16.2. The van der Waals surface area contributed by atoms with E-state index in [1.54, 1.807) is 13.4 Å². The number of rotatable bonds is 5. The molecule has 124 valence electrons. The molecule has 1 aliphatic heterocycles. The lowest BCUT2D eigenvalue weighted by Gasteiger charge is -2.36. The SMILES string of the molecule is COc1ccsc1C(=O)N(Cc1ccco1)C1CCN(C)CC1. The summed E-state index contributed by atoms with van der Waals surface area (Å²) in [5.41, 5.74) is 0. The molecule has 0 radical (unpaired) electrons. The van der Waals surface area contributed by atoms with Crippen LogP contribution in [0, 0.1) is 0 Å². The van der Waals surface area contributed by atoms with Gasteiger partial charge in [0.15, 0.2) is 0 Å². The van der Waals surface area contributed by atoms with Gasteiger partial charge < -0.3 is 19.0 Å². The first kappa shape index (κ1) is 16.1. The van der Waals surface area contributed by atoms with Gasteiger partial charge in [-0.1, -0.05) is 0 Å². The smallest absolute Gasteiger partial charge is 0.268 e. The van der Waals surface area contributed by atoms with Gasteiger partial charge in [0.2, 0.25) is 0 Å². The van der Waals surface area contributed by atoms with Gasteiger partial charge in [-0.15, -0.1) is 11.3 Å². The van der Waals surface area contributed by atoms with Gasteiger partial charge in [0.1, 0.15) is 16.4 Å². The van der Waals surface area contributed by atoms with Crippen LogP contribution in [-0.2, 0) is 6.54 Å². The van der Waals surface area contributed by atoms with Crippen LogP contribution in [0.15, 0.2) is 34.3 Å². The number of piperidine rings is 1. The Bertz CT molecular complexity index is 630. The third-order valence-corrected chi connectivity index (χ3v) is 5.22. The Morgan fingerprint density at radius 1 is 1.43 bits per heavy atom. The minimum Gasteiger partial charge on any atom is -0.495 e. The van der Waals surface area contributed by atoms with Crippen molar-refractivity contribution in [3.63, 3.8) is 0 Å². The van der Waals surface area contributed by atoms with E-state index in [1.807, 2.05) is 28.5 Å². The number of likely N-dealkylation sites (tertiary alicyclic amines) is 1. The van der Waals surface area contributed by atoms with E-state index in [0.717, 1.165) is 31.7 Å². The van der Waals surface area contributed by atoms with E-state index >= 15 is 0 Å². The summed E-state index contributed by atoms with van der Waals surface area (Å²) >= 11 is 1.43. The first-order chi connectivity index (χ1) is 11.2. The lowest BCUT2D eigenvalue weighted by Crippen LogP contribution is -2.46. The highest BCUT2D eigenvalue weighted by Gasteiger charge is 2.30. The first-order valence-corrected chi connectivity index (χ1v) is 8.70. The van der Waals surface area contributed by atoms with Crippen molar-refractivity contribution in [1.82, 2.24) is 9.80 Å². The standard InChI is InChI=1S/C17H22N2O3S/c1-18-8-5-13(6-9-18)19(12-14-4-3-10-22-14)17(20)16-15(21-2)7-11-23-16/h3-4,7,10-11,13H,5-6,8-9,12H2,1-2H3. The van der Waals surface area contributed by atoms with E-state index in [1.165, 1.54) is 11.3 Å². The third-order valence-electron chi connectivity index (χ3n) is 4.34. The molecule has 0 N–H and O–H groups in total. The molecular formula is C17H22N2O3S. The molecule has 0 aromatic carbocycles. The van der Waals surface area contributed by atoms with Gasteiger partial charge in [-0.05, 0) is 56.6 Å². The molecule has 0 unspecified atom stereocenters. The van der Waals surface area contributed by atoms with Crippen LogP contribution in [0.2, 0.25) is 0 Å². The largest absolute Gasteiger partial charge is 0.495 e. The van der Waals surface area contributed by atoms with Gasteiger partial charge in [0.05, 0.1) is 19.9 Å². The summed E-state index contributed by atoms with van der Waals surface area (Å²) in [4.78, 5) is 18.0. The molecule has 0 saturated carbocycles. The van der Waals surface area contributed by atoms with Crippen molar-refractivity contribution in [3.8, 4) is 5.75 Å². The lowest BCUT2D eigenvalue weighted by molar-refractivity contribution is 0.0553. The fourth-order valence-corrected chi connectivity index (χ4v) is 3.80. The van der Waals surface area contributed by atoms with E-state index in [-0.39, 0.29) is 11.9 Å². The molecule has 2 aromatic heterocycles. The van der Waals surface area contributed by atoms with Crippen molar-refractivity contribution >= 4 is 17.2 Å². The fraction of sp³-hybridized carbons (Fsp3) is 0.471. The van der Waals surface area contributed by atoms with E-state index in [9.17, 15) is 4.79 Å². The van der Waals surface area contributed by atoms with Crippen LogP contribution in [0.4, 0.5) is 0 Å². The highest BCUT2D eigenvalue weighted by Crippen LogP contribution is 2.29. The van der Waals surface area contributed by atoms with Crippen LogP contribution in [0.1, 0.15) is 28.3 Å². The third kappa shape index (κ3) is 3.59. The van der Waals surface area contributed by atoms with Crippen molar-refractivity contribution in [2.75, 3.05) is 27.2 Å². The molecule has 23 heavy (non-hydrogen) atoms. The molecule has 0 aliphatic carbocycles. The number of methoxy groups -OCH3 is 1. The van der Waals surface area contributed by atoms with Gasteiger partial charge in [-0.2, -0.15) is 0 Å². The molecule has 1 saturated heterocycles. The zero-order valence-corrected chi connectivity index (χ0v) is 14.3. The quantitative estimate of drug-likeness (QED) is 0.843. The number of amides is 1. The van der Waals surface area contributed by atoms with Crippen LogP contribution >= 0.6 is 11.3 Å². The highest BCUT2D eigenvalue weighted by molar-refractivity contribution is 7.12. The predicted octanol–water partition coefficient (Wildman–Crippen LogP) is 3.09. The molecule has 0 bridgehead atoms. The minimum atomic E-state index is 0.0304. The Kier molecular flexibility index (Phi) is 5.03. The van der Waals surface area contributed by atoms with Crippen molar-refractivity contribution in [1.29, 1.82) is 0 Å². The zero-order valence-electron chi connectivity index (χ0n) is 13.5. The Balaban J connectivity index is 1.83. The van der Waals surface area contributed by atoms with E-state index < -0.39 is 0 Å². The molecule has 6 heteroatoms. The van der Waals surface area contributed by atoms with E-state index in [2.05, 4.69) is 11.9 Å². The molecule has 1 amide bonds. The van der Waals surface area contributed by atoms with Crippen LogP contribution in [0.5, 0.6) is 5.75 Å². The molecule has 3 heterocycles. The monoisotopic (exact) mass is 334 g/mol. The average Bonchev–Trinajstić information content (AvgIpc) is 3.24. The van der Waals surface area contributed by atoms with Crippen LogP contribution in [0.25, 0.3) is 0 Å². The normalized spacial score (nSPS) is 16.4. The molecule has 5 nitrogen and oxygen atoms in total. The van der Waals surface area contributed by atoms with E-state index in [4.69, 9.17) is 9.15 Å². The Morgan fingerprint density at radius 2 is 2.22 bits per heavy atom. The second kappa shape index (κ2) is 7.19. The van der Waals surface area contributed by atoms with Crippen LogP contribution in [-0.4, -0.2) is 49.0 Å². The Hall–Kier alpha value is -1.79.